The van der Waals surface area contributed by atoms with E-state index in [9.17, 15) is 9.18 Å². The molecule has 1 fully saturated rings. The minimum absolute atomic E-state index is 0.0332. The van der Waals surface area contributed by atoms with Gasteiger partial charge in [0.25, 0.3) is 0 Å². The third-order valence-corrected chi connectivity index (χ3v) is 2.67. The van der Waals surface area contributed by atoms with Crippen LogP contribution < -0.4 is 0 Å². The van der Waals surface area contributed by atoms with Crippen LogP contribution in [0.15, 0.2) is 0 Å². The number of ether oxygens (including phenoxy) is 1. The fourth-order valence-corrected chi connectivity index (χ4v) is 1.42. The van der Waals surface area contributed by atoms with Gasteiger partial charge in [0.15, 0.2) is 0 Å². The van der Waals surface area contributed by atoms with E-state index < -0.39 is 11.6 Å². The average Bonchev–Trinajstić information content (AvgIpc) is 2.57. The van der Waals surface area contributed by atoms with Gasteiger partial charge in [-0.05, 0) is 39.0 Å². The number of rotatable bonds is 3. The van der Waals surface area contributed by atoms with E-state index in [-0.39, 0.29) is 12.5 Å². The Hall–Kier alpha value is -0.600. The number of alkyl halides is 1. The standard InChI is InChI=1S/C10H17FO2/c1-3-10(2,11)9(12)13-8-6-4-5-7-8/h8H,3-7H2,1-2H3. The maximum absolute atomic E-state index is 13.4. The summed E-state index contributed by atoms with van der Waals surface area (Å²) < 4.78 is 18.4. The van der Waals surface area contributed by atoms with Crippen LogP contribution in [0.2, 0.25) is 0 Å². The highest BCUT2D eigenvalue weighted by Crippen LogP contribution is 2.24. The highest BCUT2D eigenvalue weighted by Gasteiger charge is 2.34. The minimum atomic E-state index is -1.80. The smallest absolute Gasteiger partial charge is 0.343 e. The predicted molar refractivity (Wildman–Crippen MR) is 48.2 cm³/mol. The summed E-state index contributed by atoms with van der Waals surface area (Å²) in [5.41, 5.74) is -1.80. The average molecular weight is 188 g/mol. The van der Waals surface area contributed by atoms with Gasteiger partial charge in [-0.25, -0.2) is 9.18 Å². The molecule has 1 atom stereocenters. The molecule has 0 N–H and O–H groups in total. The molecule has 0 amide bonds. The largest absolute Gasteiger partial charge is 0.460 e. The Morgan fingerprint density at radius 1 is 1.54 bits per heavy atom. The molecule has 0 aromatic carbocycles. The van der Waals surface area contributed by atoms with Gasteiger partial charge in [0, 0.05) is 0 Å². The lowest BCUT2D eigenvalue weighted by atomic mass is 10.1. The van der Waals surface area contributed by atoms with Gasteiger partial charge in [0.2, 0.25) is 5.67 Å². The zero-order valence-corrected chi connectivity index (χ0v) is 8.31. The summed E-state index contributed by atoms with van der Waals surface area (Å²) in [6.07, 6.45) is 4.12. The van der Waals surface area contributed by atoms with Gasteiger partial charge < -0.3 is 4.74 Å². The quantitative estimate of drug-likeness (QED) is 0.636. The lowest BCUT2D eigenvalue weighted by Crippen LogP contribution is -2.33. The molecule has 1 saturated carbocycles. The van der Waals surface area contributed by atoms with Crippen molar-refractivity contribution in [1.82, 2.24) is 0 Å². The Kier molecular flexibility index (Phi) is 3.28. The molecule has 0 radical (unpaired) electrons. The second-order valence-corrected chi connectivity index (χ2v) is 3.86. The summed E-state index contributed by atoms with van der Waals surface area (Å²) in [6.45, 7) is 2.93. The second-order valence-electron chi connectivity index (χ2n) is 3.86. The van der Waals surface area contributed by atoms with Crippen LogP contribution in [-0.4, -0.2) is 17.7 Å². The van der Waals surface area contributed by atoms with Gasteiger partial charge in [-0.15, -0.1) is 0 Å². The van der Waals surface area contributed by atoms with E-state index in [4.69, 9.17) is 4.74 Å². The lowest BCUT2D eigenvalue weighted by Gasteiger charge is -2.19. The Balaban J connectivity index is 2.39. The monoisotopic (exact) mass is 188 g/mol. The van der Waals surface area contributed by atoms with Crippen molar-refractivity contribution >= 4 is 5.97 Å². The fraction of sp³-hybridized carbons (Fsp3) is 0.900. The van der Waals surface area contributed by atoms with Crippen LogP contribution in [0.25, 0.3) is 0 Å². The van der Waals surface area contributed by atoms with Crippen molar-refractivity contribution in [3.8, 4) is 0 Å². The first kappa shape index (κ1) is 10.5. The molecule has 1 aliphatic rings. The van der Waals surface area contributed by atoms with Crippen molar-refractivity contribution in [2.75, 3.05) is 0 Å². The lowest BCUT2D eigenvalue weighted by molar-refractivity contribution is -0.162. The third kappa shape index (κ3) is 2.68. The predicted octanol–water partition coefficient (Wildman–Crippen LogP) is 2.61. The molecule has 0 aromatic rings. The molecule has 2 nitrogen and oxygen atoms in total. The maximum Gasteiger partial charge on any atom is 0.343 e. The van der Waals surface area contributed by atoms with E-state index in [1.54, 1.807) is 6.92 Å². The molecule has 0 spiro atoms. The molecule has 3 heteroatoms. The zero-order chi connectivity index (χ0) is 9.90. The van der Waals surface area contributed by atoms with E-state index in [1.165, 1.54) is 6.92 Å². The van der Waals surface area contributed by atoms with E-state index in [0.29, 0.717) is 0 Å². The fourth-order valence-electron chi connectivity index (χ4n) is 1.42. The molecule has 1 unspecified atom stereocenters. The first-order valence-electron chi connectivity index (χ1n) is 4.96. The SMILES string of the molecule is CCC(C)(F)C(=O)OC1CCCC1. The van der Waals surface area contributed by atoms with Crippen molar-refractivity contribution in [3.05, 3.63) is 0 Å². The van der Waals surface area contributed by atoms with Crippen LogP contribution >= 0.6 is 0 Å². The third-order valence-electron chi connectivity index (χ3n) is 2.67. The van der Waals surface area contributed by atoms with Crippen LogP contribution in [-0.2, 0) is 9.53 Å². The molecule has 0 saturated heterocycles. The van der Waals surface area contributed by atoms with Gasteiger partial charge >= 0.3 is 5.97 Å². The second kappa shape index (κ2) is 4.07. The van der Waals surface area contributed by atoms with E-state index in [1.807, 2.05) is 0 Å². The van der Waals surface area contributed by atoms with E-state index in [0.717, 1.165) is 25.7 Å². The number of carbonyl (C=O) groups is 1. The number of carbonyl (C=O) groups excluding carboxylic acids is 1. The summed E-state index contributed by atoms with van der Waals surface area (Å²) in [5.74, 6) is -0.693. The molecule has 1 aliphatic carbocycles. The topological polar surface area (TPSA) is 26.3 Å². The van der Waals surface area contributed by atoms with Gasteiger partial charge in [-0.3, -0.25) is 0 Å². The van der Waals surface area contributed by atoms with Crippen LogP contribution in [0.1, 0.15) is 46.0 Å². The number of hydrogen-bond donors (Lipinski definition) is 0. The highest BCUT2D eigenvalue weighted by atomic mass is 19.1. The van der Waals surface area contributed by atoms with E-state index >= 15 is 0 Å². The van der Waals surface area contributed by atoms with Crippen LogP contribution in [0.4, 0.5) is 4.39 Å². The first-order valence-corrected chi connectivity index (χ1v) is 4.96. The molecule has 1 rings (SSSR count). The Morgan fingerprint density at radius 3 is 2.54 bits per heavy atom. The number of halogens is 1. The molecular formula is C10H17FO2. The molecule has 0 aromatic heterocycles. The van der Waals surface area contributed by atoms with Crippen molar-refractivity contribution in [2.24, 2.45) is 0 Å². The van der Waals surface area contributed by atoms with Crippen molar-refractivity contribution in [1.29, 1.82) is 0 Å². The molecule has 0 heterocycles. The summed E-state index contributed by atoms with van der Waals surface area (Å²) in [7, 11) is 0. The number of hydrogen-bond acceptors (Lipinski definition) is 2. The van der Waals surface area contributed by atoms with E-state index in [2.05, 4.69) is 0 Å². The van der Waals surface area contributed by atoms with Crippen LogP contribution in [0.5, 0.6) is 0 Å². The summed E-state index contributed by atoms with van der Waals surface area (Å²) in [4.78, 5) is 11.3. The summed E-state index contributed by atoms with van der Waals surface area (Å²) in [5, 5.41) is 0. The molecular weight excluding hydrogens is 171 g/mol. The summed E-state index contributed by atoms with van der Waals surface area (Å²) >= 11 is 0. The normalized spacial score (nSPS) is 22.7. The van der Waals surface area contributed by atoms with Gasteiger partial charge in [0.05, 0.1) is 0 Å². The Labute approximate surface area is 78.5 Å². The van der Waals surface area contributed by atoms with Crippen LogP contribution in [0.3, 0.4) is 0 Å². The minimum Gasteiger partial charge on any atom is -0.460 e. The molecule has 0 bridgehead atoms. The highest BCUT2D eigenvalue weighted by molar-refractivity contribution is 5.78. The maximum atomic E-state index is 13.4. The van der Waals surface area contributed by atoms with Crippen molar-refractivity contribution in [2.45, 2.75) is 57.7 Å². The summed E-state index contributed by atoms with van der Waals surface area (Å²) in [6, 6.07) is 0. The van der Waals surface area contributed by atoms with Crippen LogP contribution in [0, 0.1) is 0 Å². The Morgan fingerprint density at radius 2 is 2.08 bits per heavy atom. The molecule has 0 aliphatic heterocycles. The van der Waals surface area contributed by atoms with Crippen molar-refractivity contribution < 1.29 is 13.9 Å². The zero-order valence-electron chi connectivity index (χ0n) is 8.31. The number of esters is 1. The molecule has 13 heavy (non-hydrogen) atoms. The molecule has 76 valence electrons. The Bertz CT molecular complexity index is 183. The van der Waals surface area contributed by atoms with Gasteiger partial charge in [0.1, 0.15) is 6.10 Å². The van der Waals surface area contributed by atoms with Gasteiger partial charge in [-0.1, -0.05) is 6.92 Å². The van der Waals surface area contributed by atoms with Gasteiger partial charge in [-0.2, -0.15) is 0 Å². The first-order chi connectivity index (χ1) is 6.06. The van der Waals surface area contributed by atoms with Crippen molar-refractivity contribution in [3.63, 3.8) is 0 Å².